The maximum absolute atomic E-state index is 12.1. The van der Waals surface area contributed by atoms with E-state index in [1.807, 2.05) is 24.4 Å². The molecule has 0 unspecified atom stereocenters. The average Bonchev–Trinajstić information content (AvgIpc) is 3.19. The van der Waals surface area contributed by atoms with Gasteiger partial charge >= 0.3 is 0 Å². The molecule has 0 saturated carbocycles. The Morgan fingerprint density at radius 2 is 2.17 bits per heavy atom. The molecule has 8 heteroatoms. The van der Waals surface area contributed by atoms with Crippen molar-refractivity contribution in [1.29, 1.82) is 0 Å². The summed E-state index contributed by atoms with van der Waals surface area (Å²) in [5.74, 6) is 0.338. The predicted molar refractivity (Wildman–Crippen MR) is 87.8 cm³/mol. The first-order chi connectivity index (χ1) is 11.0. The molecule has 0 spiro atoms. The van der Waals surface area contributed by atoms with Gasteiger partial charge < -0.3 is 0 Å². The fourth-order valence-electron chi connectivity index (χ4n) is 2.84. The molecule has 0 aromatic carbocycles. The molecule has 1 aliphatic rings. The number of aromatic amines is 1. The van der Waals surface area contributed by atoms with E-state index >= 15 is 0 Å². The average molecular weight is 335 g/mol. The van der Waals surface area contributed by atoms with Gasteiger partial charge in [-0.3, -0.25) is 10.1 Å². The maximum Gasteiger partial charge on any atom is 0.281 e. The summed E-state index contributed by atoms with van der Waals surface area (Å²) in [6, 6.07) is 5.89. The lowest BCUT2D eigenvalue weighted by Gasteiger charge is -2.20. The number of hydrogen-bond donors (Lipinski definition) is 1. The first-order valence-electron chi connectivity index (χ1n) is 7.59. The molecule has 1 fully saturated rings. The highest BCUT2D eigenvalue weighted by Gasteiger charge is 2.32. The third kappa shape index (κ3) is 3.44. The Balaban J connectivity index is 1.63. The van der Waals surface area contributed by atoms with Crippen LogP contribution in [-0.4, -0.2) is 59.4 Å². The summed E-state index contributed by atoms with van der Waals surface area (Å²) in [6.45, 7) is 1.16. The minimum absolute atomic E-state index is 0.338. The van der Waals surface area contributed by atoms with E-state index in [0.717, 1.165) is 29.8 Å². The molecule has 1 aliphatic heterocycles. The highest BCUT2D eigenvalue weighted by Crippen LogP contribution is 2.24. The number of aromatic nitrogens is 3. The third-order valence-electron chi connectivity index (χ3n) is 4.16. The van der Waals surface area contributed by atoms with E-state index in [2.05, 4.69) is 15.2 Å². The van der Waals surface area contributed by atoms with E-state index in [1.165, 1.54) is 4.31 Å². The summed E-state index contributed by atoms with van der Waals surface area (Å²) in [4.78, 5) is 4.45. The quantitative estimate of drug-likeness (QED) is 0.888. The topological polar surface area (TPSA) is 82.2 Å². The van der Waals surface area contributed by atoms with E-state index < -0.39 is 10.2 Å². The summed E-state index contributed by atoms with van der Waals surface area (Å²) in [6.07, 6.45) is 5.29. The van der Waals surface area contributed by atoms with Gasteiger partial charge in [0.2, 0.25) is 0 Å². The van der Waals surface area contributed by atoms with Gasteiger partial charge in [-0.25, -0.2) is 0 Å². The van der Waals surface area contributed by atoms with E-state index in [1.54, 1.807) is 24.6 Å². The lowest BCUT2D eigenvalue weighted by molar-refractivity contribution is 0.409. The van der Waals surface area contributed by atoms with Gasteiger partial charge in [-0.1, -0.05) is 6.07 Å². The van der Waals surface area contributed by atoms with Crippen LogP contribution in [0.2, 0.25) is 0 Å². The van der Waals surface area contributed by atoms with Crippen LogP contribution in [0.15, 0.2) is 30.6 Å². The molecule has 0 bridgehead atoms. The summed E-state index contributed by atoms with van der Waals surface area (Å²) < 4.78 is 27.1. The van der Waals surface area contributed by atoms with Gasteiger partial charge in [-0.15, -0.1) is 0 Å². The monoisotopic (exact) mass is 335 g/mol. The number of H-pyrrole nitrogens is 1. The van der Waals surface area contributed by atoms with Gasteiger partial charge in [0.1, 0.15) is 0 Å². The number of hydrogen-bond acceptors (Lipinski definition) is 4. The Bertz CT molecular complexity index is 741. The minimum atomic E-state index is -3.30. The van der Waals surface area contributed by atoms with Crippen LogP contribution < -0.4 is 0 Å². The Morgan fingerprint density at radius 1 is 1.35 bits per heavy atom. The normalized spacial score (nSPS) is 19.5. The Labute approximate surface area is 136 Å². The van der Waals surface area contributed by atoms with Crippen LogP contribution >= 0.6 is 0 Å². The molecule has 0 radical (unpaired) electrons. The van der Waals surface area contributed by atoms with Crippen LogP contribution in [0.5, 0.6) is 0 Å². The molecule has 0 amide bonds. The number of nitrogens with zero attached hydrogens (tertiary/aromatic N) is 4. The third-order valence-corrected chi connectivity index (χ3v) is 6.07. The number of rotatable bonds is 5. The van der Waals surface area contributed by atoms with Crippen LogP contribution in [0.1, 0.15) is 12.0 Å². The summed E-state index contributed by atoms with van der Waals surface area (Å²) in [5, 5.41) is 6.81. The fraction of sp³-hybridized carbons (Fsp3) is 0.467. The SMILES string of the molecule is CN(C)S(=O)(=O)N1CC[C@H](Cc2ccc(-c3ccn[nH]3)nc2)C1. The molecule has 7 nitrogen and oxygen atoms in total. The Morgan fingerprint density at radius 3 is 2.78 bits per heavy atom. The van der Waals surface area contributed by atoms with Gasteiger partial charge in [0, 0.05) is 39.6 Å². The standard InChI is InChI=1S/C15H21N5O2S/c1-19(2)23(21,22)20-8-6-13(11-20)9-12-3-4-14(16-10-12)15-5-7-17-18-15/h3-5,7,10,13H,6,8-9,11H2,1-2H3,(H,17,18)/t13-/m1/s1. The predicted octanol–water partition coefficient (Wildman–Crippen LogP) is 1.14. The summed E-state index contributed by atoms with van der Waals surface area (Å²) >= 11 is 0. The molecule has 0 aliphatic carbocycles. The first-order valence-corrected chi connectivity index (χ1v) is 8.99. The van der Waals surface area contributed by atoms with Crippen LogP contribution in [0.3, 0.4) is 0 Å². The van der Waals surface area contributed by atoms with Crippen molar-refractivity contribution in [2.75, 3.05) is 27.2 Å². The smallest absolute Gasteiger partial charge is 0.276 e. The molecule has 2 aromatic heterocycles. The van der Waals surface area contributed by atoms with Gasteiger partial charge in [-0.2, -0.15) is 22.1 Å². The van der Waals surface area contributed by atoms with Crippen molar-refractivity contribution in [3.8, 4) is 11.4 Å². The van der Waals surface area contributed by atoms with E-state index in [9.17, 15) is 8.42 Å². The minimum Gasteiger partial charge on any atom is -0.276 e. The largest absolute Gasteiger partial charge is 0.281 e. The van der Waals surface area contributed by atoms with E-state index in [0.29, 0.717) is 19.0 Å². The van der Waals surface area contributed by atoms with Crippen molar-refractivity contribution in [2.24, 2.45) is 5.92 Å². The van der Waals surface area contributed by atoms with Crippen LogP contribution in [0, 0.1) is 5.92 Å². The number of pyridine rings is 1. The molecule has 1 N–H and O–H groups in total. The van der Waals surface area contributed by atoms with Crippen molar-refractivity contribution in [3.63, 3.8) is 0 Å². The van der Waals surface area contributed by atoms with Crippen molar-refractivity contribution in [3.05, 3.63) is 36.2 Å². The fourth-order valence-corrected chi connectivity index (χ4v) is 4.04. The molecule has 1 saturated heterocycles. The highest BCUT2D eigenvalue weighted by atomic mass is 32.2. The van der Waals surface area contributed by atoms with Crippen LogP contribution in [0.25, 0.3) is 11.4 Å². The zero-order valence-electron chi connectivity index (χ0n) is 13.3. The van der Waals surface area contributed by atoms with Crippen LogP contribution in [0.4, 0.5) is 0 Å². The Hall–Kier alpha value is -1.77. The van der Waals surface area contributed by atoms with Gasteiger partial charge in [0.25, 0.3) is 10.2 Å². The van der Waals surface area contributed by atoms with Crippen LogP contribution in [-0.2, 0) is 16.6 Å². The van der Waals surface area contributed by atoms with E-state index in [-0.39, 0.29) is 0 Å². The van der Waals surface area contributed by atoms with Gasteiger partial charge in [-0.05, 0) is 36.5 Å². The molecule has 124 valence electrons. The molecule has 2 aromatic rings. The summed E-state index contributed by atoms with van der Waals surface area (Å²) in [7, 11) is -0.158. The molecule has 3 rings (SSSR count). The Kier molecular flexibility index (Phi) is 4.47. The van der Waals surface area contributed by atoms with E-state index in [4.69, 9.17) is 0 Å². The molecule has 23 heavy (non-hydrogen) atoms. The van der Waals surface area contributed by atoms with Gasteiger partial charge in [0.05, 0.1) is 11.4 Å². The van der Waals surface area contributed by atoms with Crippen molar-refractivity contribution in [2.45, 2.75) is 12.8 Å². The lowest BCUT2D eigenvalue weighted by atomic mass is 10.00. The molecule has 1 atom stereocenters. The van der Waals surface area contributed by atoms with Crippen molar-refractivity contribution >= 4 is 10.2 Å². The molecule has 3 heterocycles. The maximum atomic E-state index is 12.1. The zero-order chi connectivity index (χ0) is 16.4. The number of nitrogens with one attached hydrogen (secondary N) is 1. The second-order valence-electron chi connectivity index (χ2n) is 6.03. The van der Waals surface area contributed by atoms with Crippen molar-refractivity contribution in [1.82, 2.24) is 23.8 Å². The highest BCUT2D eigenvalue weighted by molar-refractivity contribution is 7.86. The second-order valence-corrected chi connectivity index (χ2v) is 8.17. The first kappa shape index (κ1) is 16.1. The molecular formula is C15H21N5O2S. The molecular weight excluding hydrogens is 314 g/mol. The van der Waals surface area contributed by atoms with Gasteiger partial charge in [0.15, 0.2) is 0 Å². The summed E-state index contributed by atoms with van der Waals surface area (Å²) in [5.41, 5.74) is 2.87. The second kappa shape index (κ2) is 6.38. The zero-order valence-corrected chi connectivity index (χ0v) is 14.1. The van der Waals surface area contributed by atoms with Crippen molar-refractivity contribution < 1.29 is 8.42 Å². The lowest BCUT2D eigenvalue weighted by Crippen LogP contribution is -2.38.